The number of rotatable bonds is 9. The van der Waals surface area contributed by atoms with Crippen molar-refractivity contribution in [3.8, 4) is 5.88 Å². The molecule has 43 heavy (non-hydrogen) atoms. The lowest BCUT2D eigenvalue weighted by Crippen LogP contribution is -2.57. The quantitative estimate of drug-likeness (QED) is 0.150. The topological polar surface area (TPSA) is 63.0 Å². The second-order valence-corrected chi connectivity index (χ2v) is 11.2. The summed E-state index contributed by atoms with van der Waals surface area (Å²) >= 11 is 6.16. The highest BCUT2D eigenvalue weighted by Crippen LogP contribution is 2.30. The predicted molar refractivity (Wildman–Crippen MR) is 158 cm³/mol. The van der Waals surface area contributed by atoms with Crippen LogP contribution >= 0.6 is 11.6 Å². The van der Waals surface area contributed by atoms with E-state index in [2.05, 4.69) is 14.9 Å². The van der Waals surface area contributed by atoms with Gasteiger partial charge in [0.15, 0.2) is 12.4 Å². The highest BCUT2D eigenvalue weighted by Gasteiger charge is 2.32. The number of anilines is 2. The number of piperazine rings is 1. The van der Waals surface area contributed by atoms with Gasteiger partial charge in [0.05, 0.1) is 28.3 Å². The van der Waals surface area contributed by atoms with Gasteiger partial charge in [0, 0.05) is 43.9 Å². The highest BCUT2D eigenvalue weighted by atomic mass is 35.5. The Hall–Kier alpha value is -3.86. The molecule has 1 saturated heterocycles. The first-order valence-electron chi connectivity index (χ1n) is 14.1. The van der Waals surface area contributed by atoms with E-state index in [1.54, 1.807) is 34.9 Å². The van der Waals surface area contributed by atoms with Gasteiger partial charge in [0.25, 0.3) is 0 Å². The molecule has 0 N–H and O–H groups in total. The summed E-state index contributed by atoms with van der Waals surface area (Å²) in [6.07, 6.45) is -0.0761. The van der Waals surface area contributed by atoms with Crippen molar-refractivity contribution >= 4 is 34.4 Å². The molecule has 1 aliphatic rings. The summed E-state index contributed by atoms with van der Waals surface area (Å²) in [6.45, 7) is 5.63. The van der Waals surface area contributed by atoms with Crippen LogP contribution in [0.4, 0.5) is 28.9 Å². The number of carbonyl (C=O) groups excluding carboxylic acids is 1. The minimum atomic E-state index is -4.44. The van der Waals surface area contributed by atoms with E-state index in [1.807, 2.05) is 31.7 Å². The summed E-state index contributed by atoms with van der Waals surface area (Å²) in [5.74, 6) is -0.539. The summed E-state index contributed by atoms with van der Waals surface area (Å²) in [4.78, 5) is 25.9. The van der Waals surface area contributed by atoms with Crippen LogP contribution in [0.1, 0.15) is 48.9 Å². The Morgan fingerprint density at radius 1 is 1.07 bits per heavy atom. The number of carbonyl (C=O) groups is 1. The molecule has 0 amide bonds. The fourth-order valence-corrected chi connectivity index (χ4v) is 5.69. The molecule has 0 saturated carbocycles. The molecule has 1 aliphatic heterocycles. The number of hydrogen-bond acceptors (Lipinski definition) is 6. The van der Waals surface area contributed by atoms with Crippen molar-refractivity contribution in [1.82, 2.24) is 14.4 Å². The largest absolute Gasteiger partial charge is 0.468 e. The second kappa shape index (κ2) is 12.4. The normalized spacial score (nSPS) is 17.5. The average molecular weight is 618 g/mol. The number of ether oxygens (including phenoxy) is 1. The van der Waals surface area contributed by atoms with Crippen molar-refractivity contribution in [3.63, 3.8) is 0 Å². The van der Waals surface area contributed by atoms with Crippen LogP contribution in [0, 0.1) is 5.82 Å². The summed E-state index contributed by atoms with van der Waals surface area (Å²) in [5, 5.41) is 0.507. The molecule has 0 spiro atoms. The summed E-state index contributed by atoms with van der Waals surface area (Å²) < 4.78 is 59.2. The van der Waals surface area contributed by atoms with Gasteiger partial charge in [-0.25, -0.2) is 14.4 Å². The first-order chi connectivity index (χ1) is 20.4. The van der Waals surface area contributed by atoms with Gasteiger partial charge in [0.2, 0.25) is 5.88 Å². The standard InChI is InChI=1S/C31H32ClF4N5O2/c1-4-25-30(41-17-22(32)7-11-28(41)38-25)27(42)10-6-21-5-9-26(24(33)13-21)40-16-19(2)39(15-20(40)3)23-8-12-29(37-14-23)43-18-31(34,35)36/h5,7-9,11-14,17,19-20H,4,6,10,15-16,18H2,1-3H3/t19-,20+/m0/s1. The van der Waals surface area contributed by atoms with E-state index in [0.717, 1.165) is 11.3 Å². The maximum atomic E-state index is 15.5. The Morgan fingerprint density at radius 3 is 2.49 bits per heavy atom. The monoisotopic (exact) mass is 617 g/mol. The number of fused-ring (bicyclic) bond motifs is 1. The maximum Gasteiger partial charge on any atom is 0.422 e. The molecule has 4 aromatic rings. The summed E-state index contributed by atoms with van der Waals surface area (Å²) in [6, 6.07) is 11.6. The number of alkyl halides is 3. The molecule has 7 nitrogen and oxygen atoms in total. The Bertz CT molecular complexity index is 1610. The van der Waals surface area contributed by atoms with E-state index < -0.39 is 12.8 Å². The predicted octanol–water partition coefficient (Wildman–Crippen LogP) is 6.94. The Labute approximate surface area is 252 Å². The van der Waals surface area contributed by atoms with Crippen LogP contribution in [-0.4, -0.2) is 58.1 Å². The number of imidazole rings is 1. The first kappa shape index (κ1) is 30.6. The van der Waals surface area contributed by atoms with Crippen LogP contribution in [0.15, 0.2) is 54.9 Å². The van der Waals surface area contributed by atoms with Gasteiger partial charge in [-0.05, 0) is 62.6 Å². The van der Waals surface area contributed by atoms with E-state index in [9.17, 15) is 18.0 Å². The van der Waals surface area contributed by atoms with Crippen LogP contribution in [0.3, 0.4) is 0 Å². The molecular formula is C31H32ClF4N5O2. The van der Waals surface area contributed by atoms with E-state index in [-0.39, 0.29) is 36.0 Å². The number of aromatic nitrogens is 3. The van der Waals surface area contributed by atoms with E-state index in [0.29, 0.717) is 53.7 Å². The fourth-order valence-electron chi connectivity index (χ4n) is 5.53. The van der Waals surface area contributed by atoms with E-state index in [4.69, 9.17) is 16.3 Å². The van der Waals surface area contributed by atoms with E-state index in [1.165, 1.54) is 18.3 Å². The zero-order chi connectivity index (χ0) is 30.9. The van der Waals surface area contributed by atoms with E-state index >= 15 is 4.39 Å². The van der Waals surface area contributed by atoms with Gasteiger partial charge >= 0.3 is 6.18 Å². The third kappa shape index (κ3) is 6.87. The van der Waals surface area contributed by atoms with Gasteiger partial charge in [-0.15, -0.1) is 0 Å². The lowest BCUT2D eigenvalue weighted by atomic mass is 10.0. The number of Topliss-reactive ketones (excluding diaryl/α,β-unsaturated/α-hetero) is 1. The van der Waals surface area contributed by atoms with Crippen molar-refractivity contribution in [1.29, 1.82) is 0 Å². The number of benzene rings is 1. The van der Waals surface area contributed by atoms with Crippen LogP contribution in [-0.2, 0) is 12.8 Å². The zero-order valence-electron chi connectivity index (χ0n) is 24.0. The Kier molecular flexibility index (Phi) is 8.82. The van der Waals surface area contributed by atoms with Crippen molar-refractivity contribution in [3.05, 3.63) is 82.6 Å². The summed E-state index contributed by atoms with van der Waals surface area (Å²) in [7, 11) is 0. The van der Waals surface area contributed by atoms with Crippen molar-refractivity contribution < 1.29 is 27.1 Å². The third-order valence-corrected chi connectivity index (χ3v) is 7.86. The number of nitrogens with zero attached hydrogens (tertiary/aromatic N) is 5. The molecule has 4 heterocycles. The van der Waals surface area contributed by atoms with Crippen LogP contribution in [0.2, 0.25) is 5.02 Å². The van der Waals surface area contributed by atoms with Crippen LogP contribution in [0.25, 0.3) is 5.65 Å². The van der Waals surface area contributed by atoms with Crippen LogP contribution in [0.5, 0.6) is 5.88 Å². The fraction of sp³-hybridized carbons (Fsp3) is 0.387. The van der Waals surface area contributed by atoms with Gasteiger partial charge < -0.3 is 14.5 Å². The molecule has 1 fully saturated rings. The molecule has 2 atom stereocenters. The van der Waals surface area contributed by atoms with Crippen LogP contribution < -0.4 is 14.5 Å². The zero-order valence-corrected chi connectivity index (χ0v) is 24.8. The molecule has 5 rings (SSSR count). The lowest BCUT2D eigenvalue weighted by molar-refractivity contribution is -0.154. The minimum absolute atomic E-state index is 0.0246. The van der Waals surface area contributed by atoms with Crippen molar-refractivity contribution in [2.45, 2.75) is 58.3 Å². The smallest absolute Gasteiger partial charge is 0.422 e. The Balaban J connectivity index is 1.23. The number of hydrogen-bond donors (Lipinski definition) is 0. The second-order valence-electron chi connectivity index (χ2n) is 10.8. The third-order valence-electron chi connectivity index (χ3n) is 7.64. The molecule has 228 valence electrons. The molecule has 0 radical (unpaired) electrons. The number of halogens is 5. The minimum Gasteiger partial charge on any atom is -0.468 e. The summed E-state index contributed by atoms with van der Waals surface area (Å²) in [5.41, 5.74) is 3.82. The molecule has 1 aromatic carbocycles. The maximum absolute atomic E-state index is 15.5. The molecular weight excluding hydrogens is 586 g/mol. The number of pyridine rings is 2. The van der Waals surface area contributed by atoms with Crippen molar-refractivity contribution in [2.75, 3.05) is 29.5 Å². The lowest BCUT2D eigenvalue weighted by Gasteiger charge is -2.46. The highest BCUT2D eigenvalue weighted by molar-refractivity contribution is 6.30. The molecule has 3 aromatic heterocycles. The number of ketones is 1. The Morgan fingerprint density at radius 2 is 1.81 bits per heavy atom. The SMILES string of the molecule is CCc1nc2ccc(Cl)cn2c1C(=O)CCc1ccc(N2C[C@H](C)N(c3ccc(OCC(F)(F)F)nc3)C[C@H]2C)c(F)c1. The molecule has 0 unspecified atom stereocenters. The number of aryl methyl sites for hydroxylation is 2. The van der Waals surface area contributed by atoms with Gasteiger partial charge in [-0.3, -0.25) is 9.20 Å². The van der Waals surface area contributed by atoms with Crippen molar-refractivity contribution in [2.24, 2.45) is 0 Å². The molecule has 0 aliphatic carbocycles. The average Bonchev–Trinajstić information content (AvgIpc) is 3.34. The molecule has 12 heteroatoms. The molecule has 0 bridgehead atoms. The van der Waals surface area contributed by atoms with Gasteiger partial charge in [-0.1, -0.05) is 24.6 Å². The van der Waals surface area contributed by atoms with Gasteiger partial charge in [0.1, 0.15) is 17.2 Å². The first-order valence-corrected chi connectivity index (χ1v) is 14.5. The van der Waals surface area contributed by atoms with Gasteiger partial charge in [-0.2, -0.15) is 13.2 Å².